The van der Waals surface area contributed by atoms with Crippen molar-refractivity contribution in [2.45, 2.75) is 45.7 Å². The molecule has 3 heteroatoms. The normalized spacial score (nSPS) is 13.6. The van der Waals surface area contributed by atoms with Crippen LogP contribution in [0, 0.1) is 0 Å². The molecule has 114 valence electrons. The van der Waals surface area contributed by atoms with Crippen LogP contribution < -0.4 is 10.1 Å². The lowest BCUT2D eigenvalue weighted by molar-refractivity contribution is 0.113. The molecule has 0 aromatic heterocycles. The number of hydrogen-bond acceptors (Lipinski definition) is 3. The van der Waals surface area contributed by atoms with Crippen molar-refractivity contribution in [3.05, 3.63) is 29.8 Å². The number of nitrogens with one attached hydrogen (secondary N) is 1. The minimum Gasteiger partial charge on any atom is -0.491 e. The van der Waals surface area contributed by atoms with Gasteiger partial charge in [0.25, 0.3) is 0 Å². The van der Waals surface area contributed by atoms with Crippen molar-refractivity contribution in [3.8, 4) is 5.75 Å². The summed E-state index contributed by atoms with van der Waals surface area (Å²) in [7, 11) is 4.17. The van der Waals surface area contributed by atoms with Crippen LogP contribution in [0.15, 0.2) is 24.3 Å². The van der Waals surface area contributed by atoms with Crippen LogP contribution in [-0.4, -0.2) is 37.7 Å². The number of nitrogens with zero attached hydrogens (tertiary/aromatic N) is 1. The number of rotatable bonds is 8. The Morgan fingerprint density at radius 2 is 1.85 bits per heavy atom. The fourth-order valence-corrected chi connectivity index (χ4v) is 2.00. The summed E-state index contributed by atoms with van der Waals surface area (Å²) >= 11 is 0. The van der Waals surface area contributed by atoms with E-state index in [1.807, 2.05) is 6.07 Å². The zero-order chi connectivity index (χ0) is 15.2. The highest BCUT2D eigenvalue weighted by Crippen LogP contribution is 2.28. The highest BCUT2D eigenvalue weighted by Gasteiger charge is 2.22. The SMILES string of the molecule is CCNC(CC)c1ccccc1OCC(C)(C)N(C)C. The average Bonchev–Trinajstić information content (AvgIpc) is 2.43. The van der Waals surface area contributed by atoms with Gasteiger partial charge in [-0.05, 0) is 47.0 Å². The molecule has 0 heterocycles. The molecule has 1 atom stereocenters. The number of benzene rings is 1. The van der Waals surface area contributed by atoms with Crippen molar-refractivity contribution in [2.24, 2.45) is 0 Å². The van der Waals surface area contributed by atoms with E-state index in [9.17, 15) is 0 Å². The molecule has 1 rings (SSSR count). The van der Waals surface area contributed by atoms with Gasteiger partial charge in [0.15, 0.2) is 0 Å². The topological polar surface area (TPSA) is 24.5 Å². The van der Waals surface area contributed by atoms with E-state index in [4.69, 9.17) is 4.74 Å². The molecule has 0 amide bonds. The quantitative estimate of drug-likeness (QED) is 0.788. The van der Waals surface area contributed by atoms with E-state index in [-0.39, 0.29) is 5.54 Å². The highest BCUT2D eigenvalue weighted by molar-refractivity contribution is 5.36. The molecule has 0 saturated carbocycles. The van der Waals surface area contributed by atoms with Crippen LogP contribution in [0.3, 0.4) is 0 Å². The Hall–Kier alpha value is -1.06. The first-order valence-corrected chi connectivity index (χ1v) is 7.55. The van der Waals surface area contributed by atoms with E-state index >= 15 is 0 Å². The predicted octanol–water partition coefficient (Wildman–Crippen LogP) is 3.47. The molecule has 1 aromatic carbocycles. The number of para-hydroxylation sites is 1. The molecule has 1 unspecified atom stereocenters. The van der Waals surface area contributed by atoms with Gasteiger partial charge in [-0.2, -0.15) is 0 Å². The summed E-state index contributed by atoms with van der Waals surface area (Å²) in [6.45, 7) is 10.4. The minimum atomic E-state index is 0.0208. The summed E-state index contributed by atoms with van der Waals surface area (Å²) in [6, 6.07) is 8.72. The van der Waals surface area contributed by atoms with Crippen LogP contribution in [-0.2, 0) is 0 Å². The Balaban J connectivity index is 2.85. The second-order valence-corrected chi connectivity index (χ2v) is 6.05. The second kappa shape index (κ2) is 7.65. The highest BCUT2D eigenvalue weighted by atomic mass is 16.5. The Kier molecular flexibility index (Phi) is 6.50. The van der Waals surface area contributed by atoms with Crippen molar-refractivity contribution >= 4 is 0 Å². The zero-order valence-electron chi connectivity index (χ0n) is 13.9. The van der Waals surface area contributed by atoms with Gasteiger partial charge in [0.2, 0.25) is 0 Å². The van der Waals surface area contributed by atoms with Gasteiger partial charge in [0.05, 0.1) is 0 Å². The van der Waals surface area contributed by atoms with Crippen molar-refractivity contribution < 1.29 is 4.74 Å². The second-order valence-electron chi connectivity index (χ2n) is 6.05. The van der Waals surface area contributed by atoms with Crippen molar-refractivity contribution in [1.29, 1.82) is 0 Å². The molecule has 0 fully saturated rings. The lowest BCUT2D eigenvalue weighted by Gasteiger charge is -2.32. The van der Waals surface area contributed by atoms with Gasteiger partial charge in [-0.1, -0.05) is 32.0 Å². The van der Waals surface area contributed by atoms with E-state index in [0.29, 0.717) is 12.6 Å². The first kappa shape index (κ1) is 17.0. The first-order chi connectivity index (χ1) is 9.42. The third kappa shape index (κ3) is 4.50. The van der Waals surface area contributed by atoms with Gasteiger partial charge in [-0.3, -0.25) is 0 Å². The zero-order valence-corrected chi connectivity index (χ0v) is 13.9. The van der Waals surface area contributed by atoms with Crippen LogP contribution in [0.1, 0.15) is 45.7 Å². The van der Waals surface area contributed by atoms with Crippen molar-refractivity contribution in [1.82, 2.24) is 10.2 Å². The van der Waals surface area contributed by atoms with Crippen molar-refractivity contribution in [3.63, 3.8) is 0 Å². The van der Waals surface area contributed by atoms with E-state index in [0.717, 1.165) is 18.7 Å². The summed E-state index contributed by atoms with van der Waals surface area (Å²) < 4.78 is 6.11. The van der Waals surface area contributed by atoms with Crippen LogP contribution in [0.5, 0.6) is 5.75 Å². The number of hydrogen-bond donors (Lipinski definition) is 1. The maximum atomic E-state index is 6.11. The third-order valence-corrected chi connectivity index (χ3v) is 3.94. The maximum absolute atomic E-state index is 6.11. The monoisotopic (exact) mass is 278 g/mol. The molecule has 0 radical (unpaired) electrons. The van der Waals surface area contributed by atoms with Gasteiger partial charge >= 0.3 is 0 Å². The van der Waals surface area contributed by atoms with Crippen LogP contribution in [0.4, 0.5) is 0 Å². The van der Waals surface area contributed by atoms with Crippen molar-refractivity contribution in [2.75, 3.05) is 27.2 Å². The van der Waals surface area contributed by atoms with Gasteiger partial charge in [-0.15, -0.1) is 0 Å². The summed E-state index contributed by atoms with van der Waals surface area (Å²) in [5, 5.41) is 3.52. The molecule has 20 heavy (non-hydrogen) atoms. The molecule has 3 nitrogen and oxygen atoms in total. The van der Waals surface area contributed by atoms with Gasteiger partial charge in [-0.25, -0.2) is 0 Å². The number of ether oxygens (including phenoxy) is 1. The predicted molar refractivity (Wildman–Crippen MR) is 86.4 cm³/mol. The summed E-state index contributed by atoms with van der Waals surface area (Å²) in [6.07, 6.45) is 1.06. The summed E-state index contributed by atoms with van der Waals surface area (Å²) in [4.78, 5) is 2.19. The van der Waals surface area contributed by atoms with Crippen LogP contribution in [0.2, 0.25) is 0 Å². The molecule has 0 saturated heterocycles. The standard InChI is InChI=1S/C17H30N2O/c1-7-15(18-8-2)14-11-9-10-12-16(14)20-13-17(3,4)19(5)6/h9-12,15,18H,7-8,13H2,1-6H3. The Morgan fingerprint density at radius 1 is 1.20 bits per heavy atom. The van der Waals surface area contributed by atoms with Gasteiger partial charge < -0.3 is 15.0 Å². The fourth-order valence-electron chi connectivity index (χ4n) is 2.00. The molecule has 0 aliphatic carbocycles. The third-order valence-electron chi connectivity index (χ3n) is 3.94. The molecule has 1 N–H and O–H groups in total. The molecule has 0 spiro atoms. The maximum Gasteiger partial charge on any atom is 0.124 e. The van der Waals surface area contributed by atoms with E-state index in [1.54, 1.807) is 0 Å². The lowest BCUT2D eigenvalue weighted by Crippen LogP contribution is -2.43. The Bertz CT molecular complexity index is 402. The smallest absolute Gasteiger partial charge is 0.124 e. The molecular weight excluding hydrogens is 248 g/mol. The van der Waals surface area contributed by atoms with Gasteiger partial charge in [0, 0.05) is 17.1 Å². The Morgan fingerprint density at radius 3 is 2.40 bits per heavy atom. The summed E-state index contributed by atoms with van der Waals surface area (Å²) in [5.41, 5.74) is 1.28. The van der Waals surface area contributed by atoms with Crippen LogP contribution >= 0.6 is 0 Å². The lowest BCUT2D eigenvalue weighted by atomic mass is 10.0. The van der Waals surface area contributed by atoms with Gasteiger partial charge in [0.1, 0.15) is 12.4 Å². The minimum absolute atomic E-state index is 0.0208. The molecule has 1 aromatic rings. The molecule has 0 bridgehead atoms. The molecule has 0 aliphatic heterocycles. The van der Waals surface area contributed by atoms with Crippen LogP contribution in [0.25, 0.3) is 0 Å². The fraction of sp³-hybridized carbons (Fsp3) is 0.647. The molecule has 0 aliphatic rings. The van der Waals surface area contributed by atoms with E-state index in [1.165, 1.54) is 5.56 Å². The van der Waals surface area contributed by atoms with E-state index < -0.39 is 0 Å². The Labute approximate surface area is 124 Å². The largest absolute Gasteiger partial charge is 0.491 e. The van der Waals surface area contributed by atoms with E-state index in [2.05, 4.69) is 70.2 Å². The summed E-state index contributed by atoms with van der Waals surface area (Å²) in [5.74, 6) is 0.996. The molecular formula is C17H30N2O. The first-order valence-electron chi connectivity index (χ1n) is 7.55. The average molecular weight is 278 g/mol. The number of likely N-dealkylation sites (N-methyl/N-ethyl adjacent to an activating group) is 1.